The molecule has 144 valence electrons. The topological polar surface area (TPSA) is 71.3 Å². The first-order chi connectivity index (χ1) is 13.6. The largest absolute Gasteiger partial charge is 0.467 e. The Labute approximate surface area is 168 Å². The average molecular weight is 394 g/mol. The van der Waals surface area contributed by atoms with E-state index >= 15 is 0 Å². The molecule has 1 heterocycles. The Morgan fingerprint density at radius 1 is 1.00 bits per heavy atom. The van der Waals surface area contributed by atoms with Crippen LogP contribution in [0.25, 0.3) is 0 Å². The summed E-state index contributed by atoms with van der Waals surface area (Å²) in [7, 11) is 0. The predicted octanol–water partition coefficient (Wildman–Crippen LogP) is 4.47. The lowest BCUT2D eigenvalue weighted by molar-refractivity contribution is -0.115. The molecule has 0 unspecified atom stereocenters. The van der Waals surface area contributed by atoms with Gasteiger partial charge in [0.15, 0.2) is 0 Å². The number of furan rings is 1. The summed E-state index contributed by atoms with van der Waals surface area (Å²) in [6.07, 6.45) is 1.56. The van der Waals surface area contributed by atoms with E-state index in [9.17, 15) is 9.59 Å². The van der Waals surface area contributed by atoms with E-state index in [0.717, 1.165) is 5.75 Å². The fourth-order valence-electron chi connectivity index (χ4n) is 2.57. The molecule has 0 radical (unpaired) electrons. The van der Waals surface area contributed by atoms with Crippen molar-refractivity contribution in [3.05, 3.63) is 89.9 Å². The van der Waals surface area contributed by atoms with Crippen LogP contribution in [-0.2, 0) is 17.1 Å². The summed E-state index contributed by atoms with van der Waals surface area (Å²) in [6, 6.07) is 20.6. The molecule has 3 rings (SSSR count). The molecule has 2 aromatic carbocycles. The van der Waals surface area contributed by atoms with Gasteiger partial charge in [0.2, 0.25) is 5.91 Å². The first kappa shape index (κ1) is 19.8. The monoisotopic (exact) mass is 394 g/mol. The molecule has 0 saturated heterocycles. The Hall–Kier alpha value is -2.99. The molecule has 0 spiro atoms. The first-order valence-electron chi connectivity index (χ1n) is 8.99. The molecule has 0 aliphatic carbocycles. The van der Waals surface area contributed by atoms with Gasteiger partial charge < -0.3 is 15.1 Å². The van der Waals surface area contributed by atoms with Crippen molar-refractivity contribution in [2.45, 2.75) is 24.5 Å². The number of para-hydroxylation sites is 1. The molecule has 6 heteroatoms. The highest BCUT2D eigenvalue weighted by atomic mass is 32.2. The van der Waals surface area contributed by atoms with Crippen LogP contribution in [0.1, 0.15) is 28.6 Å². The molecule has 0 aliphatic rings. The summed E-state index contributed by atoms with van der Waals surface area (Å²) in [6.45, 7) is 2.15. The fraction of sp³-hybridized carbons (Fsp3) is 0.182. The van der Waals surface area contributed by atoms with E-state index in [0.29, 0.717) is 17.0 Å². The molecule has 1 aromatic heterocycles. The molecular weight excluding hydrogens is 372 g/mol. The van der Waals surface area contributed by atoms with E-state index in [1.807, 2.05) is 37.3 Å². The van der Waals surface area contributed by atoms with Crippen molar-refractivity contribution >= 4 is 29.3 Å². The Morgan fingerprint density at radius 2 is 1.75 bits per heavy atom. The van der Waals surface area contributed by atoms with Crippen molar-refractivity contribution in [3.63, 3.8) is 0 Å². The van der Waals surface area contributed by atoms with Gasteiger partial charge in [0.05, 0.1) is 29.3 Å². The predicted molar refractivity (Wildman–Crippen MR) is 112 cm³/mol. The van der Waals surface area contributed by atoms with Gasteiger partial charge in [0.25, 0.3) is 5.91 Å². The van der Waals surface area contributed by atoms with E-state index in [2.05, 4.69) is 10.6 Å². The van der Waals surface area contributed by atoms with Gasteiger partial charge in [-0.2, -0.15) is 0 Å². The maximum absolute atomic E-state index is 12.6. The number of hydrogen-bond acceptors (Lipinski definition) is 4. The second-order valence-electron chi connectivity index (χ2n) is 6.24. The van der Waals surface area contributed by atoms with Gasteiger partial charge >= 0.3 is 0 Å². The van der Waals surface area contributed by atoms with E-state index in [4.69, 9.17) is 4.42 Å². The number of rotatable bonds is 8. The number of amides is 2. The third-order valence-corrected chi connectivity index (χ3v) is 5.36. The number of anilines is 1. The van der Waals surface area contributed by atoms with Crippen LogP contribution in [0.3, 0.4) is 0 Å². The van der Waals surface area contributed by atoms with Gasteiger partial charge in [-0.3, -0.25) is 9.59 Å². The molecule has 2 N–H and O–H groups in total. The minimum atomic E-state index is -0.267. The molecule has 1 atom stereocenters. The van der Waals surface area contributed by atoms with Crippen molar-refractivity contribution in [3.8, 4) is 0 Å². The Morgan fingerprint density at radius 3 is 2.50 bits per heavy atom. The van der Waals surface area contributed by atoms with Crippen molar-refractivity contribution in [1.82, 2.24) is 5.32 Å². The Kier molecular flexibility index (Phi) is 6.92. The molecule has 0 fully saturated rings. The normalized spacial score (nSPS) is 11.6. The first-order valence-corrected chi connectivity index (χ1v) is 10.0. The molecule has 3 aromatic rings. The lowest BCUT2D eigenvalue weighted by Gasteiger charge is -2.14. The molecule has 28 heavy (non-hydrogen) atoms. The van der Waals surface area contributed by atoms with Crippen molar-refractivity contribution in [1.29, 1.82) is 0 Å². The lowest BCUT2D eigenvalue weighted by Crippen LogP contribution is -2.27. The molecule has 0 aliphatic heterocycles. The van der Waals surface area contributed by atoms with Crippen molar-refractivity contribution in [2.75, 3.05) is 5.32 Å². The maximum atomic E-state index is 12.6. The Balaban J connectivity index is 1.58. The number of benzene rings is 2. The third-order valence-electron chi connectivity index (χ3n) is 4.14. The third kappa shape index (κ3) is 5.50. The maximum Gasteiger partial charge on any atom is 0.253 e. The highest BCUT2D eigenvalue weighted by molar-refractivity contribution is 7.99. The molecule has 0 saturated carbocycles. The van der Waals surface area contributed by atoms with Gasteiger partial charge in [-0.15, -0.1) is 11.8 Å². The van der Waals surface area contributed by atoms with Crippen LogP contribution < -0.4 is 10.6 Å². The molecule has 5 nitrogen and oxygen atoms in total. The zero-order chi connectivity index (χ0) is 19.8. The lowest BCUT2D eigenvalue weighted by atomic mass is 10.1. The van der Waals surface area contributed by atoms with E-state index in [1.54, 1.807) is 54.4 Å². The fourth-order valence-corrected chi connectivity index (χ4v) is 3.42. The summed E-state index contributed by atoms with van der Waals surface area (Å²) in [5, 5.41) is 5.43. The standard InChI is InChI=1S/C22H22N2O3S/c1-16(28-15-17-8-3-2-4-9-17)21(25)24-20-12-6-5-11-19(20)22(26)23-14-18-10-7-13-27-18/h2-13,16H,14-15H2,1H3,(H,23,26)(H,24,25)/t16-/m1/s1. The molecular formula is C22H22N2O3S. The summed E-state index contributed by atoms with van der Waals surface area (Å²) in [5.41, 5.74) is 2.09. The van der Waals surface area contributed by atoms with Gasteiger partial charge in [-0.05, 0) is 36.8 Å². The second-order valence-corrected chi connectivity index (χ2v) is 7.56. The van der Waals surface area contributed by atoms with Crippen LogP contribution in [0.5, 0.6) is 0 Å². The van der Waals surface area contributed by atoms with E-state index < -0.39 is 0 Å². The number of carbonyl (C=O) groups excluding carboxylic acids is 2. The summed E-state index contributed by atoms with van der Waals surface area (Å²) in [5.74, 6) is 1.02. The summed E-state index contributed by atoms with van der Waals surface area (Å²) in [4.78, 5) is 25.1. The summed E-state index contributed by atoms with van der Waals surface area (Å²) < 4.78 is 5.22. The van der Waals surface area contributed by atoms with E-state index in [-0.39, 0.29) is 23.6 Å². The molecule has 2 amide bonds. The zero-order valence-electron chi connectivity index (χ0n) is 15.6. The van der Waals surface area contributed by atoms with E-state index in [1.165, 1.54) is 5.56 Å². The van der Waals surface area contributed by atoms with Crippen LogP contribution in [0.2, 0.25) is 0 Å². The number of carbonyl (C=O) groups is 2. The summed E-state index contributed by atoms with van der Waals surface area (Å²) >= 11 is 1.55. The van der Waals surface area contributed by atoms with Crippen LogP contribution in [0.4, 0.5) is 5.69 Å². The van der Waals surface area contributed by atoms with Crippen molar-refractivity contribution in [2.24, 2.45) is 0 Å². The number of nitrogens with one attached hydrogen (secondary N) is 2. The van der Waals surface area contributed by atoms with Crippen molar-refractivity contribution < 1.29 is 14.0 Å². The van der Waals surface area contributed by atoms with Gasteiger partial charge in [-0.1, -0.05) is 42.5 Å². The minimum absolute atomic E-state index is 0.132. The van der Waals surface area contributed by atoms with Gasteiger partial charge in [0.1, 0.15) is 5.76 Å². The number of thioether (sulfide) groups is 1. The van der Waals surface area contributed by atoms with Crippen LogP contribution >= 0.6 is 11.8 Å². The molecule has 0 bridgehead atoms. The van der Waals surface area contributed by atoms with Gasteiger partial charge in [0, 0.05) is 5.75 Å². The van der Waals surface area contributed by atoms with Crippen LogP contribution in [0, 0.1) is 0 Å². The van der Waals surface area contributed by atoms with Crippen LogP contribution in [-0.4, -0.2) is 17.1 Å². The minimum Gasteiger partial charge on any atom is -0.467 e. The second kappa shape index (κ2) is 9.80. The zero-order valence-corrected chi connectivity index (χ0v) is 16.4. The highest BCUT2D eigenvalue weighted by Crippen LogP contribution is 2.21. The smallest absolute Gasteiger partial charge is 0.253 e. The number of hydrogen-bond donors (Lipinski definition) is 2. The SMILES string of the molecule is C[C@@H](SCc1ccccc1)C(=O)Nc1ccccc1C(=O)NCc1ccco1. The van der Waals surface area contributed by atoms with Crippen LogP contribution in [0.15, 0.2) is 77.4 Å². The average Bonchev–Trinajstić information content (AvgIpc) is 3.25. The Bertz CT molecular complexity index is 911. The van der Waals surface area contributed by atoms with Gasteiger partial charge in [-0.25, -0.2) is 0 Å². The highest BCUT2D eigenvalue weighted by Gasteiger charge is 2.17. The quantitative estimate of drug-likeness (QED) is 0.591.